The number of carboxylic acid groups (broad SMARTS) is 1. The molecule has 0 aromatic carbocycles. The Labute approximate surface area is 112 Å². The minimum atomic E-state index is -1.08. The minimum absolute atomic E-state index is 0. The van der Waals surface area contributed by atoms with Crippen LogP contribution in [-0.4, -0.2) is 29.5 Å². The van der Waals surface area contributed by atoms with Crippen molar-refractivity contribution in [1.29, 1.82) is 0 Å². The molecule has 8 heteroatoms. The monoisotopic (exact) mass is 289 g/mol. The summed E-state index contributed by atoms with van der Waals surface area (Å²) in [7, 11) is 0. The van der Waals surface area contributed by atoms with Gasteiger partial charge in [-0.3, -0.25) is 9.79 Å². The van der Waals surface area contributed by atoms with Gasteiger partial charge < -0.3 is 16.6 Å². The van der Waals surface area contributed by atoms with Gasteiger partial charge in [-0.05, 0) is 19.8 Å². The third-order valence-corrected chi connectivity index (χ3v) is 1.64. The molecule has 0 amide bonds. The highest BCUT2D eigenvalue weighted by Gasteiger charge is 2.09. The molecular weight excluding hydrogens is 272 g/mol. The Hall–Kier alpha value is -0.850. The molecule has 0 saturated carbocycles. The molecule has 102 valence electrons. The molecule has 0 aliphatic rings. The average molecular weight is 290 g/mol. The quantitative estimate of drug-likeness (QED) is 0.506. The summed E-state index contributed by atoms with van der Waals surface area (Å²) in [5.74, 6) is -1.21. The van der Waals surface area contributed by atoms with Crippen molar-refractivity contribution in [1.82, 2.24) is 0 Å². The van der Waals surface area contributed by atoms with E-state index in [0.29, 0.717) is 5.84 Å². The third-order valence-electron chi connectivity index (χ3n) is 1.64. The molecular formula is C9H18Cl2FN3O2. The van der Waals surface area contributed by atoms with Crippen LogP contribution in [-0.2, 0) is 4.79 Å². The fraction of sp³-hybridized carbons (Fsp3) is 0.556. The van der Waals surface area contributed by atoms with Gasteiger partial charge in [0.1, 0.15) is 11.9 Å². The number of rotatable bonds is 6. The fourth-order valence-corrected chi connectivity index (χ4v) is 0.808. The zero-order chi connectivity index (χ0) is 11.8. The summed E-state index contributed by atoms with van der Waals surface area (Å²) in [6.07, 6.45) is 1.75. The smallest absolute Gasteiger partial charge is 0.320 e. The molecule has 0 fully saturated rings. The van der Waals surface area contributed by atoms with Crippen LogP contribution in [0.15, 0.2) is 16.9 Å². The zero-order valence-corrected chi connectivity index (χ0v) is 11.1. The van der Waals surface area contributed by atoms with Gasteiger partial charge in [0.15, 0.2) is 0 Å². The van der Waals surface area contributed by atoms with Crippen LogP contribution in [0.25, 0.3) is 0 Å². The second-order valence-corrected chi connectivity index (χ2v) is 3.13. The second kappa shape index (κ2) is 11.6. The number of hydrogen-bond donors (Lipinski definition) is 3. The predicted molar refractivity (Wildman–Crippen MR) is 70.7 cm³/mol. The molecule has 0 unspecified atom stereocenters. The van der Waals surface area contributed by atoms with Crippen LogP contribution in [0.1, 0.15) is 19.8 Å². The van der Waals surface area contributed by atoms with Crippen molar-refractivity contribution in [2.75, 3.05) is 6.54 Å². The van der Waals surface area contributed by atoms with Crippen molar-refractivity contribution >= 4 is 36.6 Å². The maximum Gasteiger partial charge on any atom is 0.320 e. The Balaban J connectivity index is -0.000000980. The van der Waals surface area contributed by atoms with Crippen molar-refractivity contribution in [3.63, 3.8) is 0 Å². The van der Waals surface area contributed by atoms with Crippen LogP contribution >= 0.6 is 24.8 Å². The van der Waals surface area contributed by atoms with Gasteiger partial charge in [-0.2, -0.15) is 0 Å². The molecule has 17 heavy (non-hydrogen) atoms. The summed E-state index contributed by atoms with van der Waals surface area (Å²) in [5.41, 5.74) is 10.4. The first kappa shape index (κ1) is 21.4. The number of nitrogens with two attached hydrogens (primary N) is 2. The number of halogens is 3. The lowest BCUT2D eigenvalue weighted by Gasteiger charge is -2.02. The number of carboxylic acids is 1. The molecule has 0 rings (SSSR count). The summed E-state index contributed by atoms with van der Waals surface area (Å²) >= 11 is 0. The van der Waals surface area contributed by atoms with Crippen molar-refractivity contribution in [2.45, 2.75) is 25.8 Å². The van der Waals surface area contributed by atoms with Gasteiger partial charge in [0.25, 0.3) is 0 Å². The topological polar surface area (TPSA) is 102 Å². The average Bonchev–Trinajstić information content (AvgIpc) is 2.14. The normalized spacial score (nSPS) is 13.4. The third kappa shape index (κ3) is 13.1. The van der Waals surface area contributed by atoms with E-state index in [2.05, 4.69) is 4.99 Å². The van der Waals surface area contributed by atoms with E-state index in [-0.39, 0.29) is 44.2 Å². The Kier molecular flexibility index (Phi) is 14.7. The first-order chi connectivity index (χ1) is 6.93. The molecule has 5 N–H and O–H groups in total. The van der Waals surface area contributed by atoms with Gasteiger partial charge in [0, 0.05) is 0 Å². The van der Waals surface area contributed by atoms with E-state index in [1.54, 1.807) is 6.92 Å². The molecule has 0 aliphatic carbocycles. The predicted octanol–water partition coefficient (Wildman–Crippen LogP) is 1.25. The number of carbonyl (C=O) groups is 1. The van der Waals surface area contributed by atoms with Crippen LogP contribution in [0.4, 0.5) is 4.39 Å². The van der Waals surface area contributed by atoms with E-state index in [4.69, 9.17) is 16.6 Å². The van der Waals surface area contributed by atoms with Gasteiger partial charge in [-0.15, -0.1) is 24.8 Å². The highest BCUT2D eigenvalue weighted by atomic mass is 35.5. The summed E-state index contributed by atoms with van der Waals surface area (Å²) in [6.45, 7) is 1.46. The van der Waals surface area contributed by atoms with Crippen LogP contribution in [0, 0.1) is 0 Å². The summed E-state index contributed by atoms with van der Waals surface area (Å²) in [6, 6.07) is -0.950. The SMILES string of the molecule is CC(N)=NC/C(F)=C\CC[C@@H](N)C(=O)O.Cl.Cl. The number of amidine groups is 1. The standard InChI is InChI=1S/C9H16FN3O2.2ClH/c1-6(11)13-5-7(10)3-2-4-8(12)9(14)15;;/h3,8H,2,4-5,12H2,1H3,(H2,11,13)(H,14,15);2*1H/b7-3+;;/t8-;;/m1../s1. The Morgan fingerprint density at radius 2 is 2.06 bits per heavy atom. The van der Waals surface area contributed by atoms with E-state index in [1.807, 2.05) is 0 Å². The maximum atomic E-state index is 12.9. The lowest BCUT2D eigenvalue weighted by Crippen LogP contribution is -2.29. The zero-order valence-electron chi connectivity index (χ0n) is 9.43. The molecule has 0 aromatic rings. The van der Waals surface area contributed by atoms with Crippen molar-refractivity contribution in [3.8, 4) is 0 Å². The highest BCUT2D eigenvalue weighted by molar-refractivity contribution is 5.85. The second-order valence-electron chi connectivity index (χ2n) is 3.13. The molecule has 0 bridgehead atoms. The molecule has 0 saturated heterocycles. The lowest BCUT2D eigenvalue weighted by molar-refractivity contribution is -0.138. The fourth-order valence-electron chi connectivity index (χ4n) is 0.808. The van der Waals surface area contributed by atoms with Crippen LogP contribution < -0.4 is 11.5 Å². The summed E-state index contributed by atoms with van der Waals surface area (Å²) < 4.78 is 12.9. The van der Waals surface area contributed by atoms with E-state index in [0.717, 1.165) is 0 Å². The molecule has 1 atom stereocenters. The number of aliphatic imine (C=N–C) groups is 1. The van der Waals surface area contributed by atoms with E-state index in [1.165, 1.54) is 6.08 Å². The van der Waals surface area contributed by atoms with Crippen molar-refractivity contribution in [2.24, 2.45) is 16.5 Å². The van der Waals surface area contributed by atoms with Gasteiger partial charge in [0.05, 0.1) is 12.4 Å². The molecule has 5 nitrogen and oxygen atoms in total. The molecule has 0 spiro atoms. The van der Waals surface area contributed by atoms with Crippen molar-refractivity contribution in [3.05, 3.63) is 11.9 Å². The van der Waals surface area contributed by atoms with E-state index in [9.17, 15) is 9.18 Å². The number of aliphatic carboxylic acids is 1. The van der Waals surface area contributed by atoms with Crippen molar-refractivity contribution < 1.29 is 14.3 Å². The highest BCUT2D eigenvalue weighted by Crippen LogP contribution is 2.03. The Bertz CT molecular complexity index is 281. The minimum Gasteiger partial charge on any atom is -0.480 e. The van der Waals surface area contributed by atoms with Crippen LogP contribution in [0.5, 0.6) is 0 Å². The molecule has 0 aromatic heterocycles. The Morgan fingerprint density at radius 3 is 2.47 bits per heavy atom. The summed E-state index contributed by atoms with van der Waals surface area (Å²) in [4.78, 5) is 14.0. The maximum absolute atomic E-state index is 12.9. The molecule has 0 heterocycles. The van der Waals surface area contributed by atoms with E-state index < -0.39 is 17.8 Å². The molecule has 0 aliphatic heterocycles. The molecule has 0 radical (unpaired) electrons. The van der Waals surface area contributed by atoms with Gasteiger partial charge in [-0.25, -0.2) is 4.39 Å². The Morgan fingerprint density at radius 1 is 1.53 bits per heavy atom. The largest absolute Gasteiger partial charge is 0.480 e. The van der Waals surface area contributed by atoms with Crippen LogP contribution in [0.3, 0.4) is 0 Å². The number of hydrogen-bond acceptors (Lipinski definition) is 3. The lowest BCUT2D eigenvalue weighted by atomic mass is 10.1. The van der Waals surface area contributed by atoms with Gasteiger partial charge in [0.2, 0.25) is 0 Å². The number of allylic oxidation sites excluding steroid dienone is 1. The van der Waals surface area contributed by atoms with Gasteiger partial charge in [-0.1, -0.05) is 6.08 Å². The number of nitrogens with zero attached hydrogens (tertiary/aromatic N) is 1. The van der Waals surface area contributed by atoms with E-state index >= 15 is 0 Å². The van der Waals surface area contributed by atoms with Gasteiger partial charge >= 0.3 is 5.97 Å². The first-order valence-electron chi connectivity index (χ1n) is 4.53. The first-order valence-corrected chi connectivity index (χ1v) is 4.53. The van der Waals surface area contributed by atoms with Crippen LogP contribution in [0.2, 0.25) is 0 Å². The summed E-state index contributed by atoms with van der Waals surface area (Å²) in [5, 5.41) is 8.45.